The molecule has 0 saturated carbocycles. The Morgan fingerprint density at radius 2 is 1.79 bits per heavy atom. The van der Waals surface area contributed by atoms with Crippen molar-refractivity contribution < 1.29 is 9.59 Å². The number of amides is 2. The fraction of sp³-hybridized carbons (Fsp3) is 0.263. The molecule has 1 aromatic heterocycles. The van der Waals surface area contributed by atoms with E-state index in [1.165, 1.54) is 0 Å². The number of nitrogens with one attached hydrogen (secondary N) is 2. The number of thiophene rings is 1. The van der Waals surface area contributed by atoms with Crippen LogP contribution in [-0.4, -0.2) is 11.8 Å². The lowest BCUT2D eigenvalue weighted by molar-refractivity contribution is -0.117. The van der Waals surface area contributed by atoms with Gasteiger partial charge in [-0.3, -0.25) is 9.59 Å². The van der Waals surface area contributed by atoms with Crippen LogP contribution in [0.25, 0.3) is 0 Å². The summed E-state index contributed by atoms with van der Waals surface area (Å²) in [6.07, 6.45) is 7.13. The van der Waals surface area contributed by atoms with Crippen molar-refractivity contribution in [3.05, 3.63) is 58.8 Å². The second-order valence-corrected chi connectivity index (χ2v) is 6.90. The first-order valence-electron chi connectivity index (χ1n) is 8.08. The smallest absolute Gasteiger partial charge is 0.229 e. The number of hydrogen-bond acceptors (Lipinski definition) is 3. The van der Waals surface area contributed by atoms with Crippen molar-refractivity contribution in [1.82, 2.24) is 0 Å². The number of allylic oxidation sites excluding steroid dienone is 2. The zero-order valence-electron chi connectivity index (χ0n) is 13.3. The van der Waals surface area contributed by atoms with Gasteiger partial charge in [0.1, 0.15) is 0 Å². The molecule has 0 saturated heterocycles. The van der Waals surface area contributed by atoms with Crippen molar-refractivity contribution in [2.45, 2.75) is 25.7 Å². The Morgan fingerprint density at radius 3 is 2.42 bits per heavy atom. The van der Waals surface area contributed by atoms with Gasteiger partial charge < -0.3 is 10.6 Å². The predicted molar refractivity (Wildman–Crippen MR) is 98.2 cm³/mol. The minimum Gasteiger partial charge on any atom is -0.324 e. The van der Waals surface area contributed by atoms with Crippen LogP contribution < -0.4 is 10.6 Å². The summed E-state index contributed by atoms with van der Waals surface area (Å²) in [6, 6.07) is 11.2. The van der Waals surface area contributed by atoms with E-state index in [-0.39, 0.29) is 11.8 Å². The van der Waals surface area contributed by atoms with E-state index in [4.69, 9.17) is 0 Å². The van der Waals surface area contributed by atoms with Gasteiger partial charge in [-0.05, 0) is 42.3 Å². The highest BCUT2D eigenvalue weighted by atomic mass is 32.1. The molecule has 4 nitrogen and oxygen atoms in total. The first-order valence-corrected chi connectivity index (χ1v) is 8.96. The van der Waals surface area contributed by atoms with E-state index in [0.29, 0.717) is 30.1 Å². The van der Waals surface area contributed by atoms with E-state index in [1.807, 2.05) is 35.7 Å². The molecule has 0 fully saturated rings. The number of carbonyl (C=O) groups is 2. The van der Waals surface area contributed by atoms with Gasteiger partial charge in [-0.1, -0.05) is 30.4 Å². The fourth-order valence-electron chi connectivity index (χ4n) is 2.77. The molecule has 2 aromatic rings. The van der Waals surface area contributed by atoms with Crippen LogP contribution >= 0.6 is 11.3 Å². The summed E-state index contributed by atoms with van der Waals surface area (Å²) in [5.74, 6) is 0.218. The van der Waals surface area contributed by atoms with Crippen LogP contribution in [-0.2, 0) is 16.0 Å². The highest BCUT2D eigenvalue weighted by molar-refractivity contribution is 7.10. The minimum absolute atomic E-state index is 0.0218. The van der Waals surface area contributed by atoms with Crippen molar-refractivity contribution >= 4 is 34.5 Å². The summed E-state index contributed by atoms with van der Waals surface area (Å²) < 4.78 is 0. The minimum atomic E-state index is -0.0853. The lowest BCUT2D eigenvalue weighted by atomic mass is 10.0. The normalized spacial score (nSPS) is 16.1. The molecular formula is C19H20N2O2S. The highest BCUT2D eigenvalue weighted by Gasteiger charge is 2.15. The standard InChI is InChI=1S/C19H20N2O2S/c22-18(12-14-6-1-2-7-14)20-16-9-3-4-10-17(16)21-19(23)13-15-8-5-11-24-15/h1,3-6,8-11,14H,2,7,12-13H2,(H,20,22)(H,21,23)/t14-/m1/s1. The number of rotatable bonds is 6. The van der Waals surface area contributed by atoms with Crippen LogP contribution in [0.15, 0.2) is 53.9 Å². The number of para-hydroxylation sites is 2. The average Bonchev–Trinajstić information content (AvgIpc) is 3.23. The van der Waals surface area contributed by atoms with Crippen LogP contribution in [0.1, 0.15) is 24.1 Å². The van der Waals surface area contributed by atoms with E-state index >= 15 is 0 Å². The zero-order valence-corrected chi connectivity index (χ0v) is 14.1. The van der Waals surface area contributed by atoms with Crippen LogP contribution in [0.5, 0.6) is 0 Å². The van der Waals surface area contributed by atoms with Gasteiger partial charge >= 0.3 is 0 Å². The fourth-order valence-corrected chi connectivity index (χ4v) is 3.48. The first-order chi connectivity index (χ1) is 11.7. The number of benzene rings is 1. The molecule has 3 rings (SSSR count). The number of carbonyl (C=O) groups excluding carboxylic acids is 2. The molecule has 0 spiro atoms. The van der Waals surface area contributed by atoms with Crippen molar-refractivity contribution in [3.8, 4) is 0 Å². The Morgan fingerprint density at radius 1 is 1.04 bits per heavy atom. The van der Waals surface area contributed by atoms with E-state index in [2.05, 4.69) is 22.8 Å². The van der Waals surface area contributed by atoms with Gasteiger partial charge in [-0.15, -0.1) is 11.3 Å². The Labute approximate surface area is 145 Å². The van der Waals surface area contributed by atoms with Crippen LogP contribution in [0.4, 0.5) is 11.4 Å². The summed E-state index contributed by atoms with van der Waals surface area (Å²) in [5, 5.41) is 7.76. The van der Waals surface area contributed by atoms with Crippen LogP contribution in [0, 0.1) is 5.92 Å². The third-order valence-corrected chi connectivity index (χ3v) is 4.83. The summed E-state index contributed by atoms with van der Waals surface area (Å²) in [6.45, 7) is 0. The summed E-state index contributed by atoms with van der Waals surface area (Å²) >= 11 is 1.56. The average molecular weight is 340 g/mol. The number of anilines is 2. The maximum absolute atomic E-state index is 12.2. The van der Waals surface area contributed by atoms with E-state index in [0.717, 1.165) is 17.7 Å². The molecule has 0 aliphatic heterocycles. The van der Waals surface area contributed by atoms with Gasteiger partial charge in [0.25, 0.3) is 0 Å². The van der Waals surface area contributed by atoms with Crippen molar-refractivity contribution in [1.29, 1.82) is 0 Å². The zero-order chi connectivity index (χ0) is 16.8. The summed E-state index contributed by atoms with van der Waals surface area (Å²) in [7, 11) is 0. The van der Waals surface area contributed by atoms with E-state index in [9.17, 15) is 9.59 Å². The maximum Gasteiger partial charge on any atom is 0.229 e. The number of hydrogen-bond donors (Lipinski definition) is 2. The molecule has 1 heterocycles. The topological polar surface area (TPSA) is 58.2 Å². The van der Waals surface area contributed by atoms with Gasteiger partial charge in [0.05, 0.1) is 17.8 Å². The third-order valence-electron chi connectivity index (χ3n) is 3.95. The van der Waals surface area contributed by atoms with Crippen molar-refractivity contribution in [3.63, 3.8) is 0 Å². The summed E-state index contributed by atoms with van der Waals surface area (Å²) in [5.41, 5.74) is 1.28. The maximum atomic E-state index is 12.2. The first kappa shape index (κ1) is 16.5. The van der Waals surface area contributed by atoms with Gasteiger partial charge in [-0.25, -0.2) is 0 Å². The van der Waals surface area contributed by atoms with Gasteiger partial charge in [0, 0.05) is 11.3 Å². The molecule has 2 amide bonds. The molecule has 1 aliphatic rings. The molecule has 0 radical (unpaired) electrons. The van der Waals surface area contributed by atoms with Crippen molar-refractivity contribution in [2.75, 3.05) is 10.6 Å². The SMILES string of the molecule is O=C(Cc1cccs1)Nc1ccccc1NC(=O)C[C@@H]1C=CCC1. The molecule has 5 heteroatoms. The summed E-state index contributed by atoms with van der Waals surface area (Å²) in [4.78, 5) is 25.4. The molecule has 1 atom stereocenters. The van der Waals surface area contributed by atoms with Crippen LogP contribution in [0.3, 0.4) is 0 Å². The molecule has 124 valence electrons. The quantitative estimate of drug-likeness (QED) is 0.773. The Hall–Kier alpha value is -2.40. The van der Waals surface area contributed by atoms with Gasteiger partial charge in [0.15, 0.2) is 0 Å². The second-order valence-electron chi connectivity index (χ2n) is 5.87. The Kier molecular flexibility index (Phi) is 5.43. The lowest BCUT2D eigenvalue weighted by Crippen LogP contribution is -2.18. The largest absolute Gasteiger partial charge is 0.324 e. The third kappa shape index (κ3) is 4.55. The highest BCUT2D eigenvalue weighted by Crippen LogP contribution is 2.24. The van der Waals surface area contributed by atoms with Gasteiger partial charge in [0.2, 0.25) is 11.8 Å². The molecule has 0 bridgehead atoms. The monoisotopic (exact) mass is 340 g/mol. The Bertz CT molecular complexity index is 738. The molecule has 0 unspecified atom stereocenters. The molecular weight excluding hydrogens is 320 g/mol. The Balaban J connectivity index is 1.60. The predicted octanol–water partition coefficient (Wildman–Crippen LogP) is 4.22. The molecule has 1 aliphatic carbocycles. The lowest BCUT2D eigenvalue weighted by Gasteiger charge is -2.13. The molecule has 24 heavy (non-hydrogen) atoms. The molecule has 1 aromatic carbocycles. The molecule has 2 N–H and O–H groups in total. The van der Waals surface area contributed by atoms with Crippen LogP contribution in [0.2, 0.25) is 0 Å². The van der Waals surface area contributed by atoms with Gasteiger partial charge in [-0.2, -0.15) is 0 Å². The van der Waals surface area contributed by atoms with Crippen molar-refractivity contribution in [2.24, 2.45) is 5.92 Å². The van der Waals surface area contributed by atoms with E-state index in [1.54, 1.807) is 17.4 Å². The second kappa shape index (κ2) is 7.93. The van der Waals surface area contributed by atoms with E-state index < -0.39 is 0 Å².